The summed E-state index contributed by atoms with van der Waals surface area (Å²) < 4.78 is 50.3. The number of carbonyl (C=O) groups excluding carboxylic acids is 2. The number of methoxy groups -OCH3 is 1. The lowest BCUT2D eigenvalue weighted by molar-refractivity contribution is -0.274. The van der Waals surface area contributed by atoms with E-state index >= 15 is 0 Å². The molecule has 1 aromatic carbocycles. The van der Waals surface area contributed by atoms with Gasteiger partial charge in [0.1, 0.15) is 5.75 Å². The maximum absolute atomic E-state index is 12.3. The lowest BCUT2D eigenvalue weighted by atomic mass is 10.1. The van der Waals surface area contributed by atoms with Gasteiger partial charge in [0.05, 0.1) is 26.7 Å². The van der Waals surface area contributed by atoms with Crippen LogP contribution in [0.25, 0.3) is 0 Å². The topological polar surface area (TPSA) is 65.1 Å². The van der Waals surface area contributed by atoms with Gasteiger partial charge in [0.15, 0.2) is 6.10 Å². The van der Waals surface area contributed by atoms with Crippen molar-refractivity contribution in [2.24, 2.45) is 0 Å². The first kappa shape index (κ1) is 18.1. The van der Waals surface area contributed by atoms with Crippen LogP contribution in [0.4, 0.5) is 13.2 Å². The van der Waals surface area contributed by atoms with Crippen molar-refractivity contribution in [1.82, 2.24) is 4.90 Å². The van der Waals surface area contributed by atoms with Crippen LogP contribution in [0.2, 0.25) is 0 Å². The molecule has 1 aliphatic rings. The molecule has 1 aliphatic heterocycles. The molecule has 0 saturated carbocycles. The quantitative estimate of drug-likeness (QED) is 0.773. The van der Waals surface area contributed by atoms with Gasteiger partial charge in [-0.3, -0.25) is 4.79 Å². The smallest absolute Gasteiger partial charge is 0.467 e. The summed E-state index contributed by atoms with van der Waals surface area (Å²) in [6.07, 6.45) is -5.75. The molecule has 1 aromatic rings. The van der Waals surface area contributed by atoms with Gasteiger partial charge in [0.25, 0.3) is 0 Å². The van der Waals surface area contributed by atoms with Crippen LogP contribution in [0, 0.1) is 0 Å². The van der Waals surface area contributed by atoms with Gasteiger partial charge in [0, 0.05) is 6.54 Å². The number of morpholine rings is 1. The van der Waals surface area contributed by atoms with E-state index in [4.69, 9.17) is 4.74 Å². The van der Waals surface area contributed by atoms with Crippen LogP contribution >= 0.6 is 0 Å². The molecule has 9 heteroatoms. The highest BCUT2D eigenvalue weighted by Crippen LogP contribution is 2.23. The fourth-order valence-corrected chi connectivity index (χ4v) is 2.29. The molecule has 6 nitrogen and oxygen atoms in total. The SMILES string of the molecule is COC(=O)[C@H]1CN(C(=O)Cc2cccc(OC(F)(F)F)c2)CCO1. The monoisotopic (exact) mass is 347 g/mol. The van der Waals surface area contributed by atoms with E-state index in [2.05, 4.69) is 9.47 Å². The Hall–Kier alpha value is -2.29. The average molecular weight is 347 g/mol. The Morgan fingerprint density at radius 1 is 1.38 bits per heavy atom. The molecular weight excluding hydrogens is 331 g/mol. The standard InChI is InChI=1S/C15H16F3NO5/c1-22-14(21)12-9-19(5-6-23-12)13(20)8-10-3-2-4-11(7-10)24-15(16,17)18/h2-4,7,12H,5-6,8-9H2,1H3/t12-/m1/s1. The maximum atomic E-state index is 12.3. The van der Waals surface area contributed by atoms with Crippen molar-refractivity contribution < 1.29 is 37.0 Å². The van der Waals surface area contributed by atoms with E-state index in [-0.39, 0.29) is 31.2 Å². The first-order chi connectivity index (χ1) is 11.3. The Kier molecular flexibility index (Phi) is 5.66. The van der Waals surface area contributed by atoms with E-state index in [1.54, 1.807) is 0 Å². The Morgan fingerprint density at radius 3 is 2.79 bits per heavy atom. The second-order valence-corrected chi connectivity index (χ2v) is 5.09. The van der Waals surface area contributed by atoms with Gasteiger partial charge in [-0.15, -0.1) is 13.2 Å². The Balaban J connectivity index is 1.99. The fourth-order valence-electron chi connectivity index (χ4n) is 2.29. The van der Waals surface area contributed by atoms with Crippen LogP contribution < -0.4 is 4.74 Å². The van der Waals surface area contributed by atoms with E-state index in [1.807, 2.05) is 0 Å². The number of alkyl halides is 3. The molecule has 1 heterocycles. The van der Waals surface area contributed by atoms with Gasteiger partial charge in [-0.1, -0.05) is 12.1 Å². The third kappa shape index (κ3) is 5.12. The number of nitrogens with zero attached hydrogens (tertiary/aromatic N) is 1. The third-order valence-electron chi connectivity index (χ3n) is 3.37. The second-order valence-electron chi connectivity index (χ2n) is 5.09. The van der Waals surface area contributed by atoms with Crippen LogP contribution in [0.1, 0.15) is 5.56 Å². The predicted octanol–water partition coefficient (Wildman–Crippen LogP) is 1.53. The molecule has 2 rings (SSSR count). The van der Waals surface area contributed by atoms with E-state index in [9.17, 15) is 22.8 Å². The zero-order valence-corrected chi connectivity index (χ0v) is 12.8. The van der Waals surface area contributed by atoms with E-state index < -0.39 is 18.4 Å². The molecule has 132 valence electrons. The average Bonchev–Trinajstić information content (AvgIpc) is 2.53. The van der Waals surface area contributed by atoms with Crippen molar-refractivity contribution >= 4 is 11.9 Å². The van der Waals surface area contributed by atoms with Crippen LogP contribution in [0.5, 0.6) is 5.75 Å². The molecule has 0 spiro atoms. The first-order valence-corrected chi connectivity index (χ1v) is 7.10. The molecule has 0 aliphatic carbocycles. The molecule has 0 aromatic heterocycles. The molecule has 1 saturated heterocycles. The summed E-state index contributed by atoms with van der Waals surface area (Å²) in [6.45, 7) is 0.526. The molecule has 0 N–H and O–H groups in total. The lowest BCUT2D eigenvalue weighted by Crippen LogP contribution is -2.49. The molecule has 1 fully saturated rings. The highest BCUT2D eigenvalue weighted by Gasteiger charge is 2.32. The molecule has 24 heavy (non-hydrogen) atoms. The number of rotatable bonds is 4. The van der Waals surface area contributed by atoms with Gasteiger partial charge < -0.3 is 19.1 Å². The summed E-state index contributed by atoms with van der Waals surface area (Å²) in [4.78, 5) is 25.2. The highest BCUT2D eigenvalue weighted by molar-refractivity contribution is 5.81. The minimum absolute atomic E-state index is 0.0459. The van der Waals surface area contributed by atoms with E-state index in [0.29, 0.717) is 12.1 Å². The summed E-state index contributed by atoms with van der Waals surface area (Å²) in [6, 6.07) is 5.22. The van der Waals surface area contributed by atoms with Crippen molar-refractivity contribution in [2.45, 2.75) is 18.9 Å². The summed E-state index contributed by atoms with van der Waals surface area (Å²) >= 11 is 0. The third-order valence-corrected chi connectivity index (χ3v) is 3.37. The normalized spacial score (nSPS) is 18.2. The zero-order chi connectivity index (χ0) is 17.7. The molecule has 1 amide bonds. The molecular formula is C15H16F3NO5. The largest absolute Gasteiger partial charge is 0.573 e. The van der Waals surface area contributed by atoms with Gasteiger partial charge in [0.2, 0.25) is 5.91 Å². The van der Waals surface area contributed by atoms with Crippen molar-refractivity contribution in [2.75, 3.05) is 26.8 Å². The summed E-state index contributed by atoms with van der Waals surface area (Å²) in [5, 5.41) is 0. The highest BCUT2D eigenvalue weighted by atomic mass is 19.4. The zero-order valence-electron chi connectivity index (χ0n) is 12.8. The molecule has 1 atom stereocenters. The van der Waals surface area contributed by atoms with Gasteiger partial charge in [-0.05, 0) is 17.7 Å². The second kappa shape index (κ2) is 7.52. The van der Waals surface area contributed by atoms with Crippen LogP contribution in [-0.2, 0) is 25.5 Å². The van der Waals surface area contributed by atoms with Crippen LogP contribution in [0.3, 0.4) is 0 Å². The summed E-state index contributed by atoms with van der Waals surface area (Å²) in [5.74, 6) is -1.29. The summed E-state index contributed by atoms with van der Waals surface area (Å²) in [5.41, 5.74) is 0.378. The number of ether oxygens (including phenoxy) is 3. The van der Waals surface area contributed by atoms with Crippen molar-refractivity contribution in [1.29, 1.82) is 0 Å². The number of halogens is 3. The Morgan fingerprint density at radius 2 is 2.12 bits per heavy atom. The molecule has 0 unspecified atom stereocenters. The van der Waals surface area contributed by atoms with Gasteiger partial charge >= 0.3 is 12.3 Å². The van der Waals surface area contributed by atoms with Gasteiger partial charge in [-0.25, -0.2) is 4.79 Å². The van der Waals surface area contributed by atoms with Gasteiger partial charge in [-0.2, -0.15) is 0 Å². The number of carbonyl (C=O) groups is 2. The number of amides is 1. The fraction of sp³-hybridized carbons (Fsp3) is 0.467. The Labute approximate surface area is 136 Å². The molecule has 0 radical (unpaired) electrons. The first-order valence-electron chi connectivity index (χ1n) is 7.10. The number of hydrogen-bond donors (Lipinski definition) is 0. The molecule has 0 bridgehead atoms. The predicted molar refractivity (Wildman–Crippen MR) is 75.2 cm³/mol. The maximum Gasteiger partial charge on any atom is 0.573 e. The lowest BCUT2D eigenvalue weighted by Gasteiger charge is -2.31. The van der Waals surface area contributed by atoms with Crippen molar-refractivity contribution in [3.63, 3.8) is 0 Å². The number of esters is 1. The van der Waals surface area contributed by atoms with Crippen molar-refractivity contribution in [3.05, 3.63) is 29.8 Å². The van der Waals surface area contributed by atoms with Crippen LogP contribution in [0.15, 0.2) is 24.3 Å². The number of hydrogen-bond acceptors (Lipinski definition) is 5. The van der Waals surface area contributed by atoms with Crippen molar-refractivity contribution in [3.8, 4) is 5.75 Å². The number of benzene rings is 1. The summed E-state index contributed by atoms with van der Waals surface area (Å²) in [7, 11) is 1.22. The minimum atomic E-state index is -4.79. The minimum Gasteiger partial charge on any atom is -0.467 e. The van der Waals surface area contributed by atoms with E-state index in [0.717, 1.165) is 12.1 Å². The van der Waals surface area contributed by atoms with Crippen LogP contribution in [-0.4, -0.2) is 56.0 Å². The Bertz CT molecular complexity index is 605. The van der Waals surface area contributed by atoms with E-state index in [1.165, 1.54) is 24.1 Å².